The van der Waals surface area contributed by atoms with E-state index >= 15 is 0 Å². The van der Waals surface area contributed by atoms with Crippen LogP contribution in [0.25, 0.3) is 6.08 Å². The molecule has 1 aromatic carbocycles. The molecule has 0 saturated heterocycles. The molecule has 1 aromatic rings. The monoisotopic (exact) mass is 117 g/mol. The normalized spacial score (nSPS) is 9.00. The van der Waals surface area contributed by atoms with E-state index in [1.165, 1.54) is 5.56 Å². The van der Waals surface area contributed by atoms with Gasteiger partial charge >= 0.3 is 0 Å². The van der Waals surface area contributed by atoms with E-state index in [9.17, 15) is 0 Å². The fourth-order valence-corrected chi connectivity index (χ4v) is 0.774. The minimum atomic E-state index is 1.08. The van der Waals surface area contributed by atoms with Gasteiger partial charge in [0.1, 0.15) is 0 Å². The third kappa shape index (κ3) is 1.43. The summed E-state index contributed by atoms with van der Waals surface area (Å²) in [4.78, 5) is 0. The Hall–Kier alpha value is -1.04. The molecule has 0 saturated carbocycles. The minimum absolute atomic E-state index is 1.08. The van der Waals surface area contributed by atoms with Crippen LogP contribution in [-0.4, -0.2) is 0 Å². The van der Waals surface area contributed by atoms with Crippen molar-refractivity contribution in [2.45, 2.75) is 6.92 Å². The van der Waals surface area contributed by atoms with Crippen molar-refractivity contribution in [2.75, 3.05) is 0 Å². The molecule has 0 atom stereocenters. The highest BCUT2D eigenvalue weighted by Crippen LogP contribution is 2.03. The molecule has 0 unspecified atom stereocenters. The predicted molar refractivity (Wildman–Crippen MR) is 39.9 cm³/mol. The minimum Gasteiger partial charge on any atom is -0.0617 e. The Balaban J connectivity index is 3.07. The van der Waals surface area contributed by atoms with Gasteiger partial charge < -0.3 is 0 Å². The first-order valence-corrected chi connectivity index (χ1v) is 2.94. The van der Waals surface area contributed by atoms with Crippen LogP contribution in [0.1, 0.15) is 11.1 Å². The average molecular weight is 117 g/mol. The highest BCUT2D eigenvalue weighted by Gasteiger charge is 1.83. The molecule has 0 spiro atoms. The van der Waals surface area contributed by atoms with E-state index in [2.05, 4.69) is 0 Å². The van der Waals surface area contributed by atoms with E-state index < -0.39 is 0 Å². The summed E-state index contributed by atoms with van der Waals surface area (Å²) in [6.07, 6.45) is 1.60. The standard InChI is InChI=1S/C9H9/c1-3-9-6-4-5-8(2)7-9/h1,3-7H,2H3. The van der Waals surface area contributed by atoms with Crippen LogP contribution in [0.2, 0.25) is 0 Å². The van der Waals surface area contributed by atoms with Crippen LogP contribution in [0.3, 0.4) is 0 Å². The third-order valence-electron chi connectivity index (χ3n) is 1.23. The number of hydrogen-bond acceptors (Lipinski definition) is 0. The lowest BCUT2D eigenvalue weighted by molar-refractivity contribution is 1.46. The molecule has 0 aliphatic rings. The summed E-state index contributed by atoms with van der Waals surface area (Å²) in [6.45, 7) is 7.34. The summed E-state index contributed by atoms with van der Waals surface area (Å²) < 4.78 is 0. The van der Waals surface area contributed by atoms with Gasteiger partial charge in [-0.25, -0.2) is 0 Å². The van der Waals surface area contributed by atoms with Crippen molar-refractivity contribution < 1.29 is 0 Å². The molecule has 0 heterocycles. The van der Waals surface area contributed by atoms with Crippen molar-refractivity contribution in [3.05, 3.63) is 42.0 Å². The van der Waals surface area contributed by atoms with Gasteiger partial charge in [-0.3, -0.25) is 0 Å². The molecule has 0 nitrogen and oxygen atoms in total. The molecular formula is C9H9. The predicted octanol–water partition coefficient (Wildman–Crippen LogP) is 2.44. The van der Waals surface area contributed by atoms with Crippen LogP contribution in [0.5, 0.6) is 0 Å². The summed E-state index contributed by atoms with van der Waals surface area (Å²) in [5.41, 5.74) is 2.32. The van der Waals surface area contributed by atoms with Gasteiger partial charge in [0.15, 0.2) is 0 Å². The van der Waals surface area contributed by atoms with Gasteiger partial charge in [-0.1, -0.05) is 42.5 Å². The summed E-state index contributed by atoms with van der Waals surface area (Å²) in [5.74, 6) is 0. The van der Waals surface area contributed by atoms with Crippen molar-refractivity contribution in [3.63, 3.8) is 0 Å². The maximum absolute atomic E-state index is 5.29. The molecule has 1 rings (SSSR count). The van der Waals surface area contributed by atoms with Gasteiger partial charge in [0, 0.05) is 0 Å². The lowest BCUT2D eigenvalue weighted by atomic mass is 10.1. The van der Waals surface area contributed by atoms with Crippen LogP contribution in [0, 0.1) is 13.5 Å². The molecule has 0 N–H and O–H groups in total. The number of benzene rings is 1. The third-order valence-corrected chi connectivity index (χ3v) is 1.23. The van der Waals surface area contributed by atoms with Crippen molar-refractivity contribution >= 4 is 6.08 Å². The smallest absolute Gasteiger partial charge is 0.0254 e. The Morgan fingerprint density at radius 3 is 2.67 bits per heavy atom. The zero-order valence-electron chi connectivity index (χ0n) is 5.46. The van der Waals surface area contributed by atoms with E-state index in [-0.39, 0.29) is 0 Å². The second-order valence-corrected chi connectivity index (χ2v) is 2.08. The first kappa shape index (κ1) is 6.09. The second kappa shape index (κ2) is 2.49. The largest absolute Gasteiger partial charge is 0.0617 e. The molecule has 9 heavy (non-hydrogen) atoms. The summed E-state index contributed by atoms with van der Waals surface area (Å²) >= 11 is 0. The Morgan fingerprint density at radius 1 is 1.44 bits per heavy atom. The number of aryl methyl sites for hydroxylation is 1. The summed E-state index contributed by atoms with van der Waals surface area (Å²) in [7, 11) is 0. The SMILES string of the molecule is [CH]=Cc1cccc(C)c1. The molecule has 0 fully saturated rings. The second-order valence-electron chi connectivity index (χ2n) is 2.08. The molecule has 0 bridgehead atoms. The summed E-state index contributed by atoms with van der Waals surface area (Å²) in [5, 5.41) is 0. The topological polar surface area (TPSA) is 0 Å². The van der Waals surface area contributed by atoms with Gasteiger partial charge in [0.2, 0.25) is 0 Å². The lowest BCUT2D eigenvalue weighted by Crippen LogP contribution is -1.72. The molecule has 0 amide bonds. The quantitative estimate of drug-likeness (QED) is 0.530. The van der Waals surface area contributed by atoms with Crippen molar-refractivity contribution in [1.29, 1.82) is 0 Å². The van der Waals surface area contributed by atoms with Gasteiger partial charge in [0.25, 0.3) is 0 Å². The van der Waals surface area contributed by atoms with Crippen LogP contribution in [-0.2, 0) is 0 Å². The zero-order chi connectivity index (χ0) is 6.69. The highest BCUT2D eigenvalue weighted by molar-refractivity contribution is 5.46. The van der Waals surface area contributed by atoms with Gasteiger partial charge in [-0.2, -0.15) is 0 Å². The van der Waals surface area contributed by atoms with Gasteiger partial charge in [-0.15, -0.1) is 0 Å². The Bertz CT molecular complexity index is 211. The Morgan fingerprint density at radius 2 is 2.22 bits per heavy atom. The maximum Gasteiger partial charge on any atom is -0.0254 e. The van der Waals surface area contributed by atoms with E-state index in [0.717, 1.165) is 5.56 Å². The van der Waals surface area contributed by atoms with Crippen LogP contribution >= 0.6 is 0 Å². The molecular weight excluding hydrogens is 108 g/mol. The van der Waals surface area contributed by atoms with Crippen molar-refractivity contribution in [2.24, 2.45) is 0 Å². The van der Waals surface area contributed by atoms with E-state index in [0.29, 0.717) is 0 Å². The van der Waals surface area contributed by atoms with Gasteiger partial charge in [-0.05, 0) is 12.5 Å². The Kier molecular flexibility index (Phi) is 1.69. The van der Waals surface area contributed by atoms with Crippen LogP contribution < -0.4 is 0 Å². The first-order valence-electron chi connectivity index (χ1n) is 2.94. The summed E-state index contributed by atoms with van der Waals surface area (Å²) in [6, 6.07) is 8.06. The number of rotatable bonds is 1. The fourth-order valence-electron chi connectivity index (χ4n) is 0.774. The van der Waals surface area contributed by atoms with Crippen molar-refractivity contribution in [3.8, 4) is 0 Å². The average Bonchev–Trinajstić information content (AvgIpc) is 1.88. The molecule has 0 aliphatic carbocycles. The lowest BCUT2D eigenvalue weighted by Gasteiger charge is -1.92. The van der Waals surface area contributed by atoms with Crippen molar-refractivity contribution in [1.82, 2.24) is 0 Å². The fraction of sp³-hybridized carbons (Fsp3) is 0.111. The maximum atomic E-state index is 5.29. The highest BCUT2D eigenvalue weighted by atomic mass is 13.9. The van der Waals surface area contributed by atoms with E-state index in [1.54, 1.807) is 6.08 Å². The molecule has 45 valence electrons. The Labute approximate surface area is 55.8 Å². The molecule has 0 aromatic heterocycles. The zero-order valence-corrected chi connectivity index (χ0v) is 5.46. The van der Waals surface area contributed by atoms with E-state index in [4.69, 9.17) is 6.58 Å². The van der Waals surface area contributed by atoms with Crippen LogP contribution in [0.4, 0.5) is 0 Å². The number of hydrogen-bond donors (Lipinski definition) is 0. The van der Waals surface area contributed by atoms with Crippen LogP contribution in [0.15, 0.2) is 24.3 Å². The molecule has 0 heteroatoms. The van der Waals surface area contributed by atoms with E-state index in [1.807, 2.05) is 31.2 Å². The molecule has 1 radical (unpaired) electrons. The van der Waals surface area contributed by atoms with Gasteiger partial charge in [0.05, 0.1) is 0 Å². The molecule has 0 aliphatic heterocycles. The first-order chi connectivity index (χ1) is 4.33.